The van der Waals surface area contributed by atoms with E-state index in [1.54, 1.807) is 12.1 Å². The van der Waals surface area contributed by atoms with Gasteiger partial charge in [-0.05, 0) is 69.3 Å². The number of benzene rings is 1. The average Bonchev–Trinajstić information content (AvgIpc) is 3.30. The van der Waals surface area contributed by atoms with Crippen LogP contribution in [0.5, 0.6) is 0 Å². The van der Waals surface area contributed by atoms with E-state index < -0.39 is 0 Å². The molecule has 0 aromatic heterocycles. The number of nitrogens with one attached hydrogen (secondary N) is 1. The summed E-state index contributed by atoms with van der Waals surface area (Å²) in [7, 11) is 0. The summed E-state index contributed by atoms with van der Waals surface area (Å²) in [6.07, 6.45) is 5.23. The van der Waals surface area contributed by atoms with Gasteiger partial charge in [-0.2, -0.15) is 0 Å². The van der Waals surface area contributed by atoms with Gasteiger partial charge in [0, 0.05) is 23.1 Å². The summed E-state index contributed by atoms with van der Waals surface area (Å²) in [6.45, 7) is 5.72. The first-order valence-electron chi connectivity index (χ1n) is 8.06. The van der Waals surface area contributed by atoms with E-state index in [0.717, 1.165) is 29.5 Å². The van der Waals surface area contributed by atoms with Crippen molar-refractivity contribution in [1.82, 2.24) is 10.2 Å². The second kappa shape index (κ2) is 6.76. The number of nitrogens with zero attached hydrogens (tertiary/aromatic N) is 1. The zero-order chi connectivity index (χ0) is 14.8. The van der Waals surface area contributed by atoms with E-state index in [2.05, 4.69) is 33.1 Å². The largest absolute Gasteiger partial charge is 0.316 e. The monoisotopic (exact) mass is 354 g/mol. The van der Waals surface area contributed by atoms with Crippen molar-refractivity contribution < 1.29 is 4.39 Å². The Bertz CT molecular complexity index is 484. The van der Waals surface area contributed by atoms with Crippen molar-refractivity contribution >= 4 is 15.9 Å². The zero-order valence-corrected chi connectivity index (χ0v) is 14.2. The number of hydrogen-bond acceptors (Lipinski definition) is 2. The van der Waals surface area contributed by atoms with Gasteiger partial charge in [0.2, 0.25) is 0 Å². The quantitative estimate of drug-likeness (QED) is 0.855. The minimum absolute atomic E-state index is 0.174. The van der Waals surface area contributed by atoms with Gasteiger partial charge in [0.25, 0.3) is 0 Å². The summed E-state index contributed by atoms with van der Waals surface area (Å²) in [6, 6.07) is 6.15. The first-order valence-corrected chi connectivity index (χ1v) is 8.86. The van der Waals surface area contributed by atoms with Gasteiger partial charge in [0.1, 0.15) is 5.82 Å². The molecule has 0 bridgehead atoms. The van der Waals surface area contributed by atoms with Gasteiger partial charge in [-0.25, -0.2) is 4.39 Å². The molecule has 1 aromatic carbocycles. The fourth-order valence-corrected chi connectivity index (χ4v) is 4.11. The minimum atomic E-state index is -0.174. The molecule has 1 heterocycles. The molecule has 2 nitrogen and oxygen atoms in total. The Kier molecular flexibility index (Phi) is 4.97. The average molecular weight is 355 g/mol. The molecule has 0 radical (unpaired) electrons. The lowest BCUT2D eigenvalue weighted by molar-refractivity contribution is 0.153. The molecule has 1 aromatic rings. The lowest BCUT2D eigenvalue weighted by Crippen LogP contribution is -2.40. The number of rotatable bonds is 5. The maximum absolute atomic E-state index is 13.3. The molecule has 21 heavy (non-hydrogen) atoms. The van der Waals surface area contributed by atoms with Crippen molar-refractivity contribution in [2.24, 2.45) is 5.92 Å². The van der Waals surface area contributed by atoms with E-state index in [1.165, 1.54) is 37.8 Å². The summed E-state index contributed by atoms with van der Waals surface area (Å²) >= 11 is 3.53. The molecule has 1 saturated heterocycles. The first-order chi connectivity index (χ1) is 10.1. The third-order valence-electron chi connectivity index (χ3n) is 4.79. The van der Waals surface area contributed by atoms with Crippen LogP contribution in [0.1, 0.15) is 44.2 Å². The molecule has 2 aliphatic rings. The molecular formula is C17H24BrFN2. The summed E-state index contributed by atoms with van der Waals surface area (Å²) < 4.78 is 14.2. The Morgan fingerprint density at radius 3 is 2.81 bits per heavy atom. The highest BCUT2D eigenvalue weighted by Crippen LogP contribution is 2.37. The predicted molar refractivity (Wildman–Crippen MR) is 87.8 cm³/mol. The molecule has 1 saturated carbocycles. The smallest absolute Gasteiger partial charge is 0.124 e. The second-order valence-corrected chi connectivity index (χ2v) is 7.34. The van der Waals surface area contributed by atoms with E-state index >= 15 is 0 Å². The lowest BCUT2D eigenvalue weighted by atomic mass is 9.97. The first kappa shape index (κ1) is 15.4. The Balaban J connectivity index is 1.73. The summed E-state index contributed by atoms with van der Waals surface area (Å²) in [5, 5.41) is 3.51. The van der Waals surface area contributed by atoms with E-state index in [0.29, 0.717) is 6.04 Å². The molecule has 1 N–H and O–H groups in total. The molecule has 116 valence electrons. The van der Waals surface area contributed by atoms with Crippen LogP contribution in [0.3, 0.4) is 0 Å². The Hall–Kier alpha value is -0.450. The Labute approximate surface area is 135 Å². The highest BCUT2D eigenvalue weighted by atomic mass is 79.9. The van der Waals surface area contributed by atoms with Crippen molar-refractivity contribution in [3.63, 3.8) is 0 Å². The topological polar surface area (TPSA) is 15.3 Å². The Morgan fingerprint density at radius 1 is 1.38 bits per heavy atom. The van der Waals surface area contributed by atoms with Crippen LogP contribution in [-0.2, 0) is 0 Å². The van der Waals surface area contributed by atoms with Gasteiger partial charge in [0.05, 0.1) is 0 Å². The number of hydrogen-bond donors (Lipinski definition) is 1. The Morgan fingerprint density at radius 2 is 2.19 bits per heavy atom. The van der Waals surface area contributed by atoms with Gasteiger partial charge >= 0.3 is 0 Å². The predicted octanol–water partition coefficient (Wildman–Crippen LogP) is 4.11. The standard InChI is InChI=1S/C17H24BrFN2/c1-12(16-7-4-14(19)9-17(16)18)21(15-5-6-15)11-13-3-2-8-20-10-13/h4,7,9,12-13,15,20H,2-3,5-6,8,10-11H2,1H3. The van der Waals surface area contributed by atoms with Gasteiger partial charge in [-0.1, -0.05) is 22.0 Å². The fourth-order valence-electron chi connectivity index (χ4n) is 3.43. The van der Waals surface area contributed by atoms with Crippen LogP contribution in [-0.4, -0.2) is 30.6 Å². The van der Waals surface area contributed by atoms with E-state index in [-0.39, 0.29) is 5.82 Å². The number of piperidine rings is 1. The van der Waals surface area contributed by atoms with Gasteiger partial charge in [-0.3, -0.25) is 4.90 Å². The molecule has 1 aliphatic carbocycles. The molecule has 1 aliphatic heterocycles. The van der Waals surface area contributed by atoms with Crippen LogP contribution in [0.4, 0.5) is 4.39 Å². The van der Waals surface area contributed by atoms with Crippen molar-refractivity contribution in [2.75, 3.05) is 19.6 Å². The lowest BCUT2D eigenvalue weighted by Gasteiger charge is -2.35. The van der Waals surface area contributed by atoms with Gasteiger partial charge in [0.15, 0.2) is 0 Å². The summed E-state index contributed by atoms with van der Waals surface area (Å²) in [5.74, 6) is 0.577. The van der Waals surface area contributed by atoms with E-state index in [4.69, 9.17) is 0 Å². The van der Waals surface area contributed by atoms with Gasteiger partial charge in [-0.15, -0.1) is 0 Å². The van der Waals surface area contributed by atoms with Crippen LogP contribution < -0.4 is 5.32 Å². The SMILES string of the molecule is CC(c1ccc(F)cc1Br)N(CC1CCCNC1)C1CC1. The molecule has 2 unspecified atom stereocenters. The van der Waals surface area contributed by atoms with E-state index in [9.17, 15) is 4.39 Å². The van der Waals surface area contributed by atoms with E-state index in [1.807, 2.05) is 6.07 Å². The van der Waals surface area contributed by atoms with Crippen LogP contribution in [0.2, 0.25) is 0 Å². The number of halogens is 2. The molecule has 3 rings (SSSR count). The maximum atomic E-state index is 13.3. The van der Waals surface area contributed by atoms with Crippen LogP contribution in [0.15, 0.2) is 22.7 Å². The van der Waals surface area contributed by atoms with Crippen LogP contribution in [0, 0.1) is 11.7 Å². The highest BCUT2D eigenvalue weighted by Gasteiger charge is 2.34. The van der Waals surface area contributed by atoms with Gasteiger partial charge < -0.3 is 5.32 Å². The zero-order valence-electron chi connectivity index (χ0n) is 12.6. The molecule has 2 atom stereocenters. The summed E-state index contributed by atoms with van der Waals surface area (Å²) in [4.78, 5) is 2.63. The third kappa shape index (κ3) is 3.85. The maximum Gasteiger partial charge on any atom is 0.124 e. The van der Waals surface area contributed by atoms with Crippen LogP contribution in [0.25, 0.3) is 0 Å². The molecule has 0 amide bonds. The third-order valence-corrected chi connectivity index (χ3v) is 5.48. The molecular weight excluding hydrogens is 331 g/mol. The molecule has 4 heteroatoms. The van der Waals surface area contributed by atoms with Crippen molar-refractivity contribution in [1.29, 1.82) is 0 Å². The fraction of sp³-hybridized carbons (Fsp3) is 0.647. The van der Waals surface area contributed by atoms with Crippen molar-refractivity contribution in [2.45, 2.75) is 44.7 Å². The molecule has 2 fully saturated rings. The highest BCUT2D eigenvalue weighted by molar-refractivity contribution is 9.10. The summed E-state index contributed by atoms with van der Waals surface area (Å²) in [5.41, 5.74) is 1.20. The van der Waals surface area contributed by atoms with Crippen LogP contribution >= 0.6 is 15.9 Å². The minimum Gasteiger partial charge on any atom is -0.316 e. The normalized spacial score (nSPS) is 24.3. The second-order valence-electron chi connectivity index (χ2n) is 6.48. The van der Waals surface area contributed by atoms with Crippen molar-refractivity contribution in [3.05, 3.63) is 34.1 Å². The van der Waals surface area contributed by atoms with Crippen molar-refractivity contribution in [3.8, 4) is 0 Å². The molecule has 0 spiro atoms.